The van der Waals surface area contributed by atoms with Gasteiger partial charge in [0.05, 0.1) is 17.4 Å². The number of aromatic nitrogens is 2. The number of rotatable bonds is 4. The van der Waals surface area contributed by atoms with Crippen molar-refractivity contribution in [3.8, 4) is 5.69 Å². The lowest BCUT2D eigenvalue weighted by atomic mass is 10.1. The van der Waals surface area contributed by atoms with Crippen LogP contribution in [0.25, 0.3) is 16.6 Å². The minimum Gasteiger partial charge on any atom is -0.313 e. The first kappa shape index (κ1) is 11.9. The highest BCUT2D eigenvalue weighted by Crippen LogP contribution is 2.20. The summed E-state index contributed by atoms with van der Waals surface area (Å²) in [6.07, 6.45) is 1.92. The second kappa shape index (κ2) is 5.24. The van der Waals surface area contributed by atoms with Crippen molar-refractivity contribution < 1.29 is 0 Å². The van der Waals surface area contributed by atoms with E-state index >= 15 is 0 Å². The smallest absolute Gasteiger partial charge is 0.0741 e. The molecule has 3 aromatic rings. The summed E-state index contributed by atoms with van der Waals surface area (Å²) < 4.78 is 2.02. The second-order valence-corrected chi connectivity index (χ2v) is 4.52. The van der Waals surface area contributed by atoms with E-state index in [2.05, 4.69) is 53.7 Å². The van der Waals surface area contributed by atoms with Crippen molar-refractivity contribution in [1.82, 2.24) is 15.1 Å². The zero-order valence-corrected chi connectivity index (χ0v) is 11.0. The van der Waals surface area contributed by atoms with Gasteiger partial charge in [-0.3, -0.25) is 0 Å². The van der Waals surface area contributed by atoms with E-state index in [1.165, 1.54) is 10.9 Å². The topological polar surface area (TPSA) is 29.9 Å². The number of para-hydroxylation sites is 2. The van der Waals surface area contributed by atoms with Gasteiger partial charge in [-0.25, -0.2) is 4.68 Å². The predicted octanol–water partition coefficient (Wildman–Crippen LogP) is 3.14. The van der Waals surface area contributed by atoms with Gasteiger partial charge in [-0.15, -0.1) is 0 Å². The molecule has 0 aliphatic heterocycles. The average Bonchev–Trinajstić information content (AvgIpc) is 2.89. The van der Waals surface area contributed by atoms with Crippen molar-refractivity contribution in [3.63, 3.8) is 0 Å². The molecular weight excluding hydrogens is 234 g/mol. The Hall–Kier alpha value is -2.13. The van der Waals surface area contributed by atoms with Gasteiger partial charge >= 0.3 is 0 Å². The summed E-state index contributed by atoms with van der Waals surface area (Å²) in [5.74, 6) is 0. The van der Waals surface area contributed by atoms with Crippen LogP contribution in [-0.2, 0) is 6.54 Å². The normalized spacial score (nSPS) is 11.0. The number of benzene rings is 2. The van der Waals surface area contributed by atoms with Gasteiger partial charge in [0.2, 0.25) is 0 Å². The molecule has 1 aromatic heterocycles. The van der Waals surface area contributed by atoms with E-state index in [9.17, 15) is 0 Å². The van der Waals surface area contributed by atoms with E-state index in [0.717, 1.165) is 24.3 Å². The molecule has 96 valence electrons. The van der Waals surface area contributed by atoms with Crippen LogP contribution in [0.4, 0.5) is 0 Å². The Kier molecular flexibility index (Phi) is 3.29. The standard InChI is InChI=1S/C16H17N3/c1-2-17-11-13-7-3-5-9-15(13)19-16-10-6-4-8-14(16)12-18-19/h3-10,12,17H,2,11H2,1H3. The highest BCUT2D eigenvalue weighted by Gasteiger charge is 2.07. The molecular formula is C16H17N3. The Morgan fingerprint density at radius 1 is 1.05 bits per heavy atom. The molecule has 0 saturated carbocycles. The van der Waals surface area contributed by atoms with Gasteiger partial charge < -0.3 is 5.32 Å². The van der Waals surface area contributed by atoms with Crippen molar-refractivity contribution in [1.29, 1.82) is 0 Å². The predicted molar refractivity (Wildman–Crippen MR) is 78.5 cm³/mol. The fourth-order valence-corrected chi connectivity index (χ4v) is 2.29. The number of fused-ring (bicyclic) bond motifs is 1. The second-order valence-electron chi connectivity index (χ2n) is 4.52. The molecule has 0 amide bonds. The van der Waals surface area contributed by atoms with E-state index in [-0.39, 0.29) is 0 Å². The Labute approximate surface area is 112 Å². The third kappa shape index (κ3) is 2.25. The molecule has 19 heavy (non-hydrogen) atoms. The van der Waals surface area contributed by atoms with Crippen molar-refractivity contribution >= 4 is 10.9 Å². The number of nitrogens with zero attached hydrogens (tertiary/aromatic N) is 2. The molecule has 0 bridgehead atoms. The van der Waals surface area contributed by atoms with Crippen molar-refractivity contribution in [2.75, 3.05) is 6.54 Å². The quantitative estimate of drug-likeness (QED) is 0.772. The summed E-state index contributed by atoms with van der Waals surface area (Å²) in [5, 5.41) is 9.06. The van der Waals surface area contributed by atoms with Crippen molar-refractivity contribution in [3.05, 3.63) is 60.3 Å². The maximum Gasteiger partial charge on any atom is 0.0741 e. The van der Waals surface area contributed by atoms with Gasteiger partial charge in [-0.1, -0.05) is 43.3 Å². The lowest BCUT2D eigenvalue weighted by Crippen LogP contribution is -2.14. The van der Waals surface area contributed by atoms with Gasteiger partial charge in [-0.2, -0.15) is 5.10 Å². The van der Waals surface area contributed by atoms with E-state index in [0.29, 0.717) is 0 Å². The summed E-state index contributed by atoms with van der Waals surface area (Å²) in [4.78, 5) is 0. The van der Waals surface area contributed by atoms with Crippen LogP contribution in [0.3, 0.4) is 0 Å². The molecule has 1 heterocycles. The molecule has 3 nitrogen and oxygen atoms in total. The van der Waals surface area contributed by atoms with E-state index < -0.39 is 0 Å². The van der Waals surface area contributed by atoms with Crippen LogP contribution in [0.15, 0.2) is 54.7 Å². The van der Waals surface area contributed by atoms with Gasteiger partial charge in [0.25, 0.3) is 0 Å². The van der Waals surface area contributed by atoms with Gasteiger partial charge in [0, 0.05) is 11.9 Å². The lowest BCUT2D eigenvalue weighted by Gasteiger charge is -2.10. The van der Waals surface area contributed by atoms with Crippen LogP contribution < -0.4 is 5.32 Å². The van der Waals surface area contributed by atoms with E-state index in [1.54, 1.807) is 0 Å². The van der Waals surface area contributed by atoms with E-state index in [1.807, 2.05) is 23.0 Å². The van der Waals surface area contributed by atoms with Crippen LogP contribution in [0.2, 0.25) is 0 Å². The largest absolute Gasteiger partial charge is 0.313 e. The summed E-state index contributed by atoms with van der Waals surface area (Å²) in [7, 11) is 0. The third-order valence-electron chi connectivity index (χ3n) is 3.26. The summed E-state index contributed by atoms with van der Waals surface area (Å²) in [6, 6.07) is 16.7. The SMILES string of the molecule is CCNCc1ccccc1-n1ncc2ccccc21. The highest BCUT2D eigenvalue weighted by atomic mass is 15.3. The molecule has 0 saturated heterocycles. The first-order valence-electron chi connectivity index (χ1n) is 6.62. The first-order valence-corrected chi connectivity index (χ1v) is 6.62. The van der Waals surface area contributed by atoms with Crippen LogP contribution in [-0.4, -0.2) is 16.3 Å². The Morgan fingerprint density at radius 2 is 1.84 bits per heavy atom. The van der Waals surface area contributed by atoms with Crippen molar-refractivity contribution in [2.45, 2.75) is 13.5 Å². The number of hydrogen-bond acceptors (Lipinski definition) is 2. The molecule has 3 heteroatoms. The van der Waals surface area contributed by atoms with Crippen LogP contribution in [0.1, 0.15) is 12.5 Å². The van der Waals surface area contributed by atoms with Crippen LogP contribution in [0, 0.1) is 0 Å². The average molecular weight is 251 g/mol. The van der Waals surface area contributed by atoms with E-state index in [4.69, 9.17) is 0 Å². The summed E-state index contributed by atoms with van der Waals surface area (Å²) in [6.45, 7) is 3.95. The molecule has 0 atom stereocenters. The number of nitrogens with one attached hydrogen (secondary N) is 1. The minimum atomic E-state index is 0.862. The minimum absolute atomic E-state index is 0.862. The first-order chi connectivity index (χ1) is 9.40. The van der Waals surface area contributed by atoms with Crippen LogP contribution in [0.5, 0.6) is 0 Å². The summed E-state index contributed by atoms with van der Waals surface area (Å²) in [5.41, 5.74) is 3.55. The molecule has 0 aliphatic rings. The maximum absolute atomic E-state index is 4.52. The summed E-state index contributed by atoms with van der Waals surface area (Å²) >= 11 is 0. The Morgan fingerprint density at radius 3 is 2.74 bits per heavy atom. The van der Waals surface area contributed by atoms with Crippen LogP contribution >= 0.6 is 0 Å². The molecule has 0 aliphatic carbocycles. The molecule has 1 N–H and O–H groups in total. The van der Waals surface area contributed by atoms with Gasteiger partial charge in [-0.05, 0) is 24.2 Å². The zero-order valence-electron chi connectivity index (χ0n) is 11.0. The molecule has 0 fully saturated rings. The monoisotopic (exact) mass is 251 g/mol. The third-order valence-corrected chi connectivity index (χ3v) is 3.26. The van der Waals surface area contributed by atoms with Gasteiger partial charge in [0.15, 0.2) is 0 Å². The lowest BCUT2D eigenvalue weighted by molar-refractivity contribution is 0.719. The molecule has 2 aromatic carbocycles. The molecule has 0 radical (unpaired) electrons. The molecule has 0 unspecified atom stereocenters. The zero-order chi connectivity index (χ0) is 13.1. The van der Waals surface area contributed by atoms with Crippen molar-refractivity contribution in [2.24, 2.45) is 0 Å². The fraction of sp³-hybridized carbons (Fsp3) is 0.188. The van der Waals surface area contributed by atoms with Gasteiger partial charge in [0.1, 0.15) is 0 Å². The Bertz CT molecular complexity index is 685. The number of hydrogen-bond donors (Lipinski definition) is 1. The fourth-order valence-electron chi connectivity index (χ4n) is 2.29. The highest BCUT2D eigenvalue weighted by molar-refractivity contribution is 5.80. The molecule has 0 spiro atoms. The molecule has 3 rings (SSSR count). The Balaban J connectivity index is 2.11. The maximum atomic E-state index is 4.52.